The van der Waals surface area contributed by atoms with Gasteiger partial charge in [0.1, 0.15) is 60.4 Å². The first-order chi connectivity index (χ1) is 49.4. The van der Waals surface area contributed by atoms with Gasteiger partial charge in [0.15, 0.2) is 6.17 Å². The first-order valence-electron chi connectivity index (χ1n) is 37.0. The number of aliphatic hydroxyl groups excluding tert-OH is 1. The third-order valence-electron chi connectivity index (χ3n) is 20.0. The number of likely N-dealkylation sites (tertiary alicyclic amines) is 1. The molecule has 3 fully saturated rings. The predicted molar refractivity (Wildman–Crippen MR) is 398 cm³/mol. The summed E-state index contributed by atoms with van der Waals surface area (Å²) in [7, 11) is 8.41. The van der Waals surface area contributed by atoms with Crippen LogP contribution >= 0.6 is 0 Å². The first kappa shape index (κ1) is 85.0. The highest BCUT2D eigenvalue weighted by Gasteiger charge is 2.46. The van der Waals surface area contributed by atoms with Crippen LogP contribution in [0.25, 0.3) is 0 Å². The molecule has 3 aliphatic rings. The number of nitrogens with one attached hydrogen (secondary N) is 5. The number of urea groups is 1. The molecule has 12 atom stereocenters. The minimum Gasteiger partial charge on any atom is -0.391 e. The van der Waals surface area contributed by atoms with E-state index in [1.165, 1.54) is 90.4 Å². The molecule has 3 aliphatic heterocycles. The molecule has 0 aromatic heterocycles. The van der Waals surface area contributed by atoms with E-state index in [1.807, 2.05) is 41.5 Å². The fraction of sp³-hybridized carbons (Fsp3) is 0.615. The number of amides is 13. The lowest BCUT2D eigenvalue weighted by Crippen LogP contribution is -2.65. The topological polar surface area (TPSA) is 320 Å². The normalized spacial score (nSPS) is 25.6. The third-order valence-corrected chi connectivity index (χ3v) is 20.0. The van der Waals surface area contributed by atoms with Crippen molar-refractivity contribution in [3.8, 4) is 0 Å². The lowest BCUT2D eigenvalue weighted by atomic mass is 9.97. The highest BCUT2D eigenvalue weighted by atomic mass is 16.5. The predicted octanol–water partition coefficient (Wildman–Crippen LogP) is 4.13. The van der Waals surface area contributed by atoms with Crippen LogP contribution in [-0.2, 0) is 76.7 Å². The fourth-order valence-corrected chi connectivity index (χ4v) is 13.6. The molecular formula is C78H117N13O14. The number of carbonyl (C=O) groups excluding carboxylic acids is 12. The van der Waals surface area contributed by atoms with Gasteiger partial charge in [0.25, 0.3) is 5.91 Å². The Balaban J connectivity index is 1.52. The summed E-state index contributed by atoms with van der Waals surface area (Å²) in [6.07, 6.45) is -0.915. The molecule has 3 heterocycles. The Bertz CT molecular complexity index is 3460. The lowest BCUT2D eigenvalue weighted by Gasteiger charge is -2.38. The molecule has 0 radical (unpaired) electrons. The van der Waals surface area contributed by atoms with E-state index in [4.69, 9.17) is 4.74 Å². The summed E-state index contributed by atoms with van der Waals surface area (Å²) >= 11 is 0. The molecule has 3 saturated heterocycles. The van der Waals surface area contributed by atoms with Gasteiger partial charge in [0, 0.05) is 81.2 Å². The highest BCUT2D eigenvalue weighted by Crippen LogP contribution is 2.26. The van der Waals surface area contributed by atoms with Gasteiger partial charge in [-0.2, -0.15) is 0 Å². The molecule has 27 heteroatoms. The van der Waals surface area contributed by atoms with Crippen LogP contribution in [0.15, 0.2) is 91.0 Å². The van der Waals surface area contributed by atoms with E-state index >= 15 is 47.9 Å². The van der Waals surface area contributed by atoms with E-state index in [0.717, 1.165) is 11.3 Å². The first-order valence-corrected chi connectivity index (χ1v) is 37.0. The zero-order valence-electron chi connectivity index (χ0n) is 64.8. The zero-order valence-corrected chi connectivity index (χ0v) is 64.8. The van der Waals surface area contributed by atoms with Crippen molar-refractivity contribution in [1.82, 2.24) is 65.8 Å². The smallest absolute Gasteiger partial charge is 0.320 e. The average Bonchev–Trinajstić information content (AvgIpc) is 1.74. The maximum absolute atomic E-state index is 15.5. The summed E-state index contributed by atoms with van der Waals surface area (Å²) in [4.78, 5) is 192. The van der Waals surface area contributed by atoms with E-state index in [9.17, 15) is 14.7 Å². The van der Waals surface area contributed by atoms with Crippen LogP contribution in [0.1, 0.15) is 144 Å². The molecule has 0 saturated carbocycles. The van der Waals surface area contributed by atoms with Gasteiger partial charge in [-0.15, -0.1) is 0 Å². The summed E-state index contributed by atoms with van der Waals surface area (Å²) < 4.78 is 6.25. The molecule has 0 aliphatic carbocycles. The van der Waals surface area contributed by atoms with Crippen LogP contribution < -0.4 is 26.6 Å². The van der Waals surface area contributed by atoms with Crippen LogP contribution in [-0.4, -0.2) is 262 Å². The number of benzene rings is 3. The SMILES string of the molecule is CC(C)C[C@@H]1NC(=O)[C@H](Cc2ccccc2)N(C)C(=O)[C@H](COC(C)(C)C)NC(=O)[C@H](Cc2ccccc2)N(C)C(=O)[C@H](C)N(C)C(=O)[C@H](CC(C)C)N(C)C(=O)[C@@H]2CCCN2C(=O)N[C@@H](C(=O)N2CCCCC2)NC(=O)[C@H](Cc2ccccc2)N(C)C(=O)[C@H]([C@@H](C)O)NC(=O)[C@H](CC(C)C)N(C)C1=O. The Kier molecular flexibility index (Phi) is 31.4. The Morgan fingerprint density at radius 1 is 0.457 bits per heavy atom. The lowest BCUT2D eigenvalue weighted by molar-refractivity contribution is -0.152. The van der Waals surface area contributed by atoms with Crippen molar-refractivity contribution in [3.63, 3.8) is 0 Å². The summed E-state index contributed by atoms with van der Waals surface area (Å²) in [5, 5.41) is 25.6. The number of carbonyl (C=O) groups is 12. The zero-order chi connectivity index (χ0) is 77.9. The molecular weight excluding hydrogens is 1340 g/mol. The number of likely N-dealkylation sites (N-methyl/N-ethyl adjacent to an activating group) is 6. The number of nitrogens with zero attached hydrogens (tertiary/aromatic N) is 8. The highest BCUT2D eigenvalue weighted by molar-refractivity contribution is 6.00. The molecule has 578 valence electrons. The van der Waals surface area contributed by atoms with E-state index in [0.29, 0.717) is 49.0 Å². The Hall–Kier alpha value is -8.98. The monoisotopic (exact) mass is 1460 g/mol. The van der Waals surface area contributed by atoms with Crippen molar-refractivity contribution in [3.05, 3.63) is 108 Å². The molecule has 0 bridgehead atoms. The van der Waals surface area contributed by atoms with Gasteiger partial charge in [-0.05, 0) is 120 Å². The second kappa shape index (κ2) is 38.9. The maximum Gasteiger partial charge on any atom is 0.320 e. The van der Waals surface area contributed by atoms with Gasteiger partial charge in [-0.25, -0.2) is 4.79 Å². The molecule has 0 spiro atoms. The number of rotatable bonds is 16. The van der Waals surface area contributed by atoms with E-state index < -0.39 is 156 Å². The van der Waals surface area contributed by atoms with Crippen molar-refractivity contribution in [2.75, 3.05) is 68.5 Å². The van der Waals surface area contributed by atoms with Crippen molar-refractivity contribution in [1.29, 1.82) is 0 Å². The van der Waals surface area contributed by atoms with Crippen LogP contribution in [0.2, 0.25) is 0 Å². The number of aliphatic hydroxyl groups is 1. The van der Waals surface area contributed by atoms with Crippen LogP contribution in [0, 0.1) is 17.8 Å². The fourth-order valence-electron chi connectivity index (χ4n) is 13.6. The van der Waals surface area contributed by atoms with Gasteiger partial charge >= 0.3 is 6.03 Å². The van der Waals surface area contributed by atoms with Crippen LogP contribution in [0.5, 0.6) is 0 Å². The van der Waals surface area contributed by atoms with Gasteiger partial charge in [0.05, 0.1) is 18.3 Å². The number of hydrogen-bond acceptors (Lipinski definition) is 14. The minimum atomic E-state index is -1.76. The molecule has 3 aromatic carbocycles. The van der Waals surface area contributed by atoms with Gasteiger partial charge in [-0.3, -0.25) is 52.7 Å². The Morgan fingerprint density at radius 2 is 0.867 bits per heavy atom. The minimum absolute atomic E-state index is 0.0232. The largest absolute Gasteiger partial charge is 0.391 e. The van der Waals surface area contributed by atoms with E-state index in [-0.39, 0.29) is 69.2 Å². The van der Waals surface area contributed by atoms with Crippen LogP contribution in [0.4, 0.5) is 4.79 Å². The molecule has 105 heavy (non-hydrogen) atoms. The molecule has 6 rings (SSSR count). The van der Waals surface area contributed by atoms with Crippen molar-refractivity contribution < 1.29 is 67.4 Å². The van der Waals surface area contributed by atoms with Crippen molar-refractivity contribution in [2.45, 2.75) is 225 Å². The number of fused-ring (bicyclic) bond motifs is 1. The summed E-state index contributed by atoms with van der Waals surface area (Å²) in [5.74, 6) is -9.01. The van der Waals surface area contributed by atoms with Gasteiger partial charge < -0.3 is 75.6 Å². The Labute approximate surface area is 620 Å². The van der Waals surface area contributed by atoms with Crippen molar-refractivity contribution >= 4 is 71.0 Å². The average molecular weight is 1460 g/mol. The van der Waals surface area contributed by atoms with E-state index in [2.05, 4.69) is 26.6 Å². The standard InChI is InChI=1S/C78H117N13O14/c1-48(2)41-56-71(98)86(14)59(42-49(3)4)68(95)81-64(52(8)92)75(102)88(16)62(46-55-35-26-20-27-36-55)69(96)82-65(76(103)90-38-28-21-29-39-90)83-77(104)91-40-30-37-58(91)73(100)89(17)63(43-50(5)6)74(101)84(12)51(7)70(97)85(13)60(44-53-31-22-18-23-32-53)67(94)80-57(47-105-78(9,10)11)72(99)87(15)61(66(93)79-56)45-54-33-24-19-25-34-54/h18-20,22-27,31-36,48-52,56-65,92H,21,28-30,37-47H2,1-17H3,(H,79,93)(H,80,94)(H,81,95)(H,82,96)(H,83,104)/t51-,52+,56-,57-,58-,59-,60-,61-,62-,63-,64-,65-/m0/s1. The van der Waals surface area contributed by atoms with Crippen molar-refractivity contribution in [2.24, 2.45) is 17.8 Å². The van der Waals surface area contributed by atoms with E-state index in [1.54, 1.807) is 112 Å². The third kappa shape index (κ3) is 23.5. The maximum atomic E-state index is 15.5. The second-order valence-corrected chi connectivity index (χ2v) is 30.8. The van der Waals surface area contributed by atoms with Crippen LogP contribution in [0.3, 0.4) is 0 Å². The van der Waals surface area contributed by atoms with Gasteiger partial charge in [0.2, 0.25) is 59.1 Å². The summed E-state index contributed by atoms with van der Waals surface area (Å²) in [5.41, 5.74) is 0.970. The molecule has 13 amide bonds. The summed E-state index contributed by atoms with van der Waals surface area (Å²) in [6.45, 7) is 19.4. The van der Waals surface area contributed by atoms with Gasteiger partial charge in [-0.1, -0.05) is 133 Å². The molecule has 6 N–H and O–H groups in total. The molecule has 0 unspecified atom stereocenters. The molecule has 27 nitrogen and oxygen atoms in total. The second-order valence-electron chi connectivity index (χ2n) is 30.8. The quantitative estimate of drug-likeness (QED) is 0.118. The number of piperidine rings is 1. The molecule has 3 aromatic rings. The summed E-state index contributed by atoms with van der Waals surface area (Å²) in [6, 6.07) is 11.8. The number of ether oxygens (including phenoxy) is 1. The number of hydrogen-bond donors (Lipinski definition) is 6. The Morgan fingerprint density at radius 3 is 1.33 bits per heavy atom.